The van der Waals surface area contributed by atoms with Gasteiger partial charge in [-0.3, -0.25) is 9.36 Å². The molecule has 2 heterocycles. The highest BCUT2D eigenvalue weighted by Gasteiger charge is 2.34. The van der Waals surface area contributed by atoms with E-state index in [0.29, 0.717) is 29.5 Å². The number of nitrogens with one attached hydrogen (secondary N) is 1. The fourth-order valence-electron chi connectivity index (χ4n) is 5.06. The number of hydrogen-bond donors (Lipinski definition) is 3. The van der Waals surface area contributed by atoms with Gasteiger partial charge in [-0.1, -0.05) is 30.8 Å². The summed E-state index contributed by atoms with van der Waals surface area (Å²) in [6, 6.07) is -1.09. The van der Waals surface area contributed by atoms with E-state index in [-0.39, 0.29) is 12.2 Å². The molecule has 4 N–H and O–H groups in total. The molecule has 3 unspecified atom stereocenters. The Bertz CT molecular complexity index is 1110. The summed E-state index contributed by atoms with van der Waals surface area (Å²) >= 11 is 0. The van der Waals surface area contributed by atoms with E-state index in [2.05, 4.69) is 25.2 Å². The molecule has 198 valence electrons. The molecule has 36 heavy (non-hydrogen) atoms. The standard InChI is InChI=1S/C23H36N7O5P/c1-15(11-30-13-27-20-21(24)25-12-26-22(20)30)34-14-36(33,29-16(2)23(31)32)35-28-19(17-7-3-4-8-17)18-9-5-6-10-18/h12-13,15-18H,3-11,14H2,1-2H3,(H,29,33)(H,31,32)(H2,24,25,26). The second-order valence-corrected chi connectivity index (χ2v) is 11.9. The lowest BCUT2D eigenvalue weighted by Gasteiger charge is -2.24. The summed E-state index contributed by atoms with van der Waals surface area (Å²) in [5.41, 5.74) is 7.90. The fourth-order valence-corrected chi connectivity index (χ4v) is 6.61. The van der Waals surface area contributed by atoms with Crippen LogP contribution in [0.15, 0.2) is 17.8 Å². The van der Waals surface area contributed by atoms with Crippen molar-refractivity contribution >= 4 is 36.2 Å². The number of nitrogens with zero attached hydrogens (tertiary/aromatic N) is 5. The highest BCUT2D eigenvalue weighted by molar-refractivity contribution is 7.56. The maximum Gasteiger partial charge on any atom is 0.364 e. The van der Waals surface area contributed by atoms with Gasteiger partial charge in [-0.15, -0.1) is 0 Å². The number of aliphatic carboxylic acids is 1. The lowest BCUT2D eigenvalue weighted by atomic mass is 9.89. The Kier molecular flexibility index (Phi) is 8.58. The number of hydrogen-bond acceptors (Lipinski definition) is 9. The number of fused-ring (bicyclic) bond motifs is 1. The van der Waals surface area contributed by atoms with E-state index in [1.807, 2.05) is 6.92 Å². The predicted octanol–water partition coefficient (Wildman–Crippen LogP) is 3.78. The second-order valence-electron chi connectivity index (χ2n) is 9.86. The summed E-state index contributed by atoms with van der Waals surface area (Å²) in [5, 5.41) is 16.5. The molecule has 2 aliphatic carbocycles. The SMILES string of the molecule is CC(Cn1cnc2c(N)ncnc21)OCP(=O)(NC(C)C(=O)O)ON=C(C1CCCC1)C1CCCC1. The number of rotatable bonds is 12. The topological polar surface area (TPSA) is 167 Å². The first-order valence-electron chi connectivity index (χ1n) is 12.6. The minimum atomic E-state index is -3.77. The van der Waals surface area contributed by atoms with Crippen molar-refractivity contribution in [3.63, 3.8) is 0 Å². The second kappa shape index (κ2) is 11.7. The Labute approximate surface area is 210 Å². The van der Waals surface area contributed by atoms with E-state index in [1.54, 1.807) is 10.9 Å². The molecule has 12 nitrogen and oxygen atoms in total. The zero-order chi connectivity index (χ0) is 25.7. The third kappa shape index (κ3) is 6.41. The molecule has 0 saturated heterocycles. The fraction of sp³-hybridized carbons (Fsp3) is 0.696. The molecule has 2 aliphatic rings. The van der Waals surface area contributed by atoms with Crippen molar-refractivity contribution in [3.8, 4) is 0 Å². The third-order valence-electron chi connectivity index (χ3n) is 7.00. The number of nitrogens with two attached hydrogens (primary N) is 1. The number of oxime groups is 1. The minimum absolute atomic E-state index is 0.287. The van der Waals surface area contributed by atoms with Crippen LogP contribution in [-0.4, -0.2) is 54.8 Å². The number of ether oxygens (including phenoxy) is 1. The molecule has 2 aromatic rings. The van der Waals surface area contributed by atoms with Gasteiger partial charge in [-0.2, -0.15) is 0 Å². The third-order valence-corrected chi connectivity index (χ3v) is 8.61. The lowest BCUT2D eigenvalue weighted by Crippen LogP contribution is -2.33. The first-order valence-corrected chi connectivity index (χ1v) is 14.5. The molecule has 3 atom stereocenters. The van der Waals surface area contributed by atoms with E-state index in [4.69, 9.17) is 15.1 Å². The molecule has 2 fully saturated rings. The molecule has 2 saturated carbocycles. The largest absolute Gasteiger partial charge is 0.480 e. The lowest BCUT2D eigenvalue weighted by molar-refractivity contribution is -0.138. The van der Waals surface area contributed by atoms with Crippen LogP contribution in [0.4, 0.5) is 5.82 Å². The van der Waals surface area contributed by atoms with Gasteiger partial charge in [0.1, 0.15) is 24.2 Å². The summed E-state index contributed by atoms with van der Waals surface area (Å²) in [7, 11) is -3.77. The van der Waals surface area contributed by atoms with Crippen LogP contribution >= 0.6 is 7.52 Å². The van der Waals surface area contributed by atoms with Crippen LogP contribution in [-0.2, 0) is 25.3 Å². The summed E-state index contributed by atoms with van der Waals surface area (Å²) in [6.07, 6.45) is 11.1. The van der Waals surface area contributed by atoms with Crippen LogP contribution in [0, 0.1) is 11.8 Å². The molecule has 0 radical (unpaired) electrons. The Morgan fingerprint density at radius 1 is 1.19 bits per heavy atom. The number of imidazole rings is 1. The number of carboxylic acid groups (broad SMARTS) is 1. The van der Waals surface area contributed by atoms with Gasteiger partial charge in [0.05, 0.1) is 24.7 Å². The average molecular weight is 522 g/mol. The quantitative estimate of drug-likeness (QED) is 0.212. The summed E-state index contributed by atoms with van der Waals surface area (Å²) in [5.74, 6) is -0.176. The van der Waals surface area contributed by atoms with Crippen LogP contribution in [0.25, 0.3) is 11.2 Å². The predicted molar refractivity (Wildman–Crippen MR) is 135 cm³/mol. The van der Waals surface area contributed by atoms with E-state index in [0.717, 1.165) is 57.1 Å². The smallest absolute Gasteiger partial charge is 0.364 e. The van der Waals surface area contributed by atoms with Gasteiger partial charge in [-0.25, -0.2) is 20.0 Å². The van der Waals surface area contributed by atoms with Gasteiger partial charge in [0.25, 0.3) is 0 Å². The van der Waals surface area contributed by atoms with Crippen LogP contribution in [0.5, 0.6) is 0 Å². The average Bonchev–Trinajstić information content (AvgIpc) is 3.62. The highest BCUT2D eigenvalue weighted by atomic mass is 31.2. The van der Waals surface area contributed by atoms with Crippen molar-refractivity contribution in [2.24, 2.45) is 17.0 Å². The van der Waals surface area contributed by atoms with Gasteiger partial charge >= 0.3 is 13.5 Å². The van der Waals surface area contributed by atoms with Crippen LogP contribution in [0.2, 0.25) is 0 Å². The van der Waals surface area contributed by atoms with Crippen molar-refractivity contribution in [2.75, 3.05) is 12.1 Å². The molecule has 0 bridgehead atoms. The summed E-state index contributed by atoms with van der Waals surface area (Å²) in [6.45, 7) is 3.59. The van der Waals surface area contributed by atoms with Gasteiger partial charge in [-0.05, 0) is 39.5 Å². The van der Waals surface area contributed by atoms with Crippen LogP contribution in [0.1, 0.15) is 65.2 Å². The van der Waals surface area contributed by atoms with Crippen molar-refractivity contribution in [2.45, 2.75) is 83.9 Å². The van der Waals surface area contributed by atoms with Crippen LogP contribution in [0.3, 0.4) is 0 Å². The van der Waals surface area contributed by atoms with Gasteiger partial charge in [0.2, 0.25) is 0 Å². The maximum atomic E-state index is 13.7. The Morgan fingerprint density at radius 3 is 2.44 bits per heavy atom. The number of carboxylic acids is 1. The molecule has 4 rings (SSSR count). The number of nitrogen functional groups attached to an aromatic ring is 1. The molecule has 0 spiro atoms. The van der Waals surface area contributed by atoms with E-state index in [1.165, 1.54) is 13.3 Å². The molecular formula is C23H36N7O5P. The van der Waals surface area contributed by atoms with Crippen molar-refractivity contribution in [1.82, 2.24) is 24.6 Å². The first kappa shape index (κ1) is 26.5. The summed E-state index contributed by atoms with van der Waals surface area (Å²) < 4.78 is 27.1. The van der Waals surface area contributed by atoms with Crippen molar-refractivity contribution in [3.05, 3.63) is 12.7 Å². The number of anilines is 1. The molecular weight excluding hydrogens is 485 g/mol. The summed E-state index contributed by atoms with van der Waals surface area (Å²) in [4.78, 5) is 23.9. The monoisotopic (exact) mass is 521 g/mol. The highest BCUT2D eigenvalue weighted by Crippen LogP contribution is 2.45. The van der Waals surface area contributed by atoms with Gasteiger partial charge in [0.15, 0.2) is 11.5 Å². The maximum absolute atomic E-state index is 13.7. The zero-order valence-electron chi connectivity index (χ0n) is 20.9. The zero-order valence-corrected chi connectivity index (χ0v) is 21.8. The molecule has 0 aliphatic heterocycles. The van der Waals surface area contributed by atoms with E-state index >= 15 is 0 Å². The normalized spacial score (nSPS) is 20.3. The Morgan fingerprint density at radius 2 is 1.83 bits per heavy atom. The van der Waals surface area contributed by atoms with E-state index < -0.39 is 25.6 Å². The van der Waals surface area contributed by atoms with Crippen LogP contribution < -0.4 is 10.8 Å². The Balaban J connectivity index is 1.47. The molecule has 0 aromatic carbocycles. The van der Waals surface area contributed by atoms with E-state index in [9.17, 15) is 14.5 Å². The molecule has 13 heteroatoms. The van der Waals surface area contributed by atoms with Gasteiger partial charge in [0, 0.05) is 11.8 Å². The van der Waals surface area contributed by atoms with Crippen molar-refractivity contribution in [1.29, 1.82) is 0 Å². The number of aromatic nitrogens is 4. The minimum Gasteiger partial charge on any atom is -0.480 e. The van der Waals surface area contributed by atoms with Crippen molar-refractivity contribution < 1.29 is 23.8 Å². The molecule has 0 amide bonds. The first-order chi connectivity index (χ1) is 17.3. The Hall–Kier alpha value is -2.56. The number of carbonyl (C=O) groups is 1. The van der Waals surface area contributed by atoms with Gasteiger partial charge < -0.3 is 24.8 Å². The molecule has 2 aromatic heterocycles.